The first kappa shape index (κ1) is 14.0. The van der Waals surface area contributed by atoms with Crippen molar-refractivity contribution in [3.8, 4) is 0 Å². The van der Waals surface area contributed by atoms with Gasteiger partial charge in [-0.1, -0.05) is 26.2 Å². The van der Waals surface area contributed by atoms with E-state index in [9.17, 15) is 9.59 Å². The van der Waals surface area contributed by atoms with Crippen LogP contribution in [0.2, 0.25) is 0 Å². The number of carbonyl (C=O) groups excluding carboxylic acids is 2. The van der Waals surface area contributed by atoms with Crippen LogP contribution in [0.1, 0.15) is 52.4 Å². The average molecular weight is 240 g/mol. The van der Waals surface area contributed by atoms with Crippen molar-refractivity contribution in [1.82, 2.24) is 10.2 Å². The minimum absolute atomic E-state index is 0.0613. The molecule has 1 atom stereocenters. The zero-order valence-corrected chi connectivity index (χ0v) is 11.2. The van der Waals surface area contributed by atoms with Gasteiger partial charge in [-0.05, 0) is 26.2 Å². The van der Waals surface area contributed by atoms with E-state index in [1.165, 1.54) is 6.42 Å². The molecule has 17 heavy (non-hydrogen) atoms. The molecular formula is C13H24N2O2. The highest BCUT2D eigenvalue weighted by atomic mass is 16.2. The van der Waals surface area contributed by atoms with Crippen molar-refractivity contribution in [1.29, 1.82) is 0 Å². The van der Waals surface area contributed by atoms with Crippen LogP contribution in [0.3, 0.4) is 0 Å². The third kappa shape index (κ3) is 4.02. The summed E-state index contributed by atoms with van der Waals surface area (Å²) in [5.74, 6) is -0.857. The number of hydrogen-bond acceptors (Lipinski definition) is 2. The molecule has 1 rings (SSSR count). The van der Waals surface area contributed by atoms with E-state index in [0.717, 1.165) is 32.1 Å². The van der Waals surface area contributed by atoms with Gasteiger partial charge in [0.15, 0.2) is 0 Å². The number of nitrogens with zero attached hydrogens (tertiary/aromatic N) is 1. The highest BCUT2D eigenvalue weighted by Crippen LogP contribution is 2.21. The Hall–Kier alpha value is -1.06. The molecule has 4 nitrogen and oxygen atoms in total. The van der Waals surface area contributed by atoms with E-state index >= 15 is 0 Å². The Bertz CT molecular complexity index is 273. The van der Waals surface area contributed by atoms with Gasteiger partial charge in [0.2, 0.25) is 0 Å². The van der Waals surface area contributed by atoms with Crippen molar-refractivity contribution < 1.29 is 9.59 Å². The van der Waals surface area contributed by atoms with E-state index in [4.69, 9.17) is 0 Å². The predicted octanol–water partition coefficient (Wildman–Crippen LogP) is 1.69. The van der Waals surface area contributed by atoms with Crippen LogP contribution in [0, 0.1) is 0 Å². The molecular weight excluding hydrogens is 216 g/mol. The number of amides is 2. The zero-order chi connectivity index (χ0) is 12.8. The quantitative estimate of drug-likeness (QED) is 0.763. The van der Waals surface area contributed by atoms with Gasteiger partial charge in [-0.3, -0.25) is 9.59 Å². The van der Waals surface area contributed by atoms with Gasteiger partial charge >= 0.3 is 11.8 Å². The third-order valence-electron chi connectivity index (χ3n) is 3.63. The van der Waals surface area contributed by atoms with E-state index in [2.05, 4.69) is 5.32 Å². The first-order valence-electron chi connectivity index (χ1n) is 6.64. The summed E-state index contributed by atoms with van der Waals surface area (Å²) in [7, 11) is 1.74. The standard InChI is InChI=1S/C13H24N2O2/c1-4-10(2)14-12(16)13(17)15(3)11-8-6-5-7-9-11/h10-11H,4-9H2,1-3H3,(H,14,16). The fourth-order valence-corrected chi connectivity index (χ4v) is 2.18. The van der Waals surface area contributed by atoms with Crippen LogP contribution in [0.4, 0.5) is 0 Å². The van der Waals surface area contributed by atoms with Crippen molar-refractivity contribution in [3.05, 3.63) is 0 Å². The normalized spacial score (nSPS) is 18.5. The lowest BCUT2D eigenvalue weighted by Gasteiger charge is -2.30. The average Bonchev–Trinajstić information content (AvgIpc) is 2.37. The van der Waals surface area contributed by atoms with Gasteiger partial charge in [0.25, 0.3) is 0 Å². The number of carbonyl (C=O) groups is 2. The van der Waals surface area contributed by atoms with Gasteiger partial charge in [-0.2, -0.15) is 0 Å². The molecule has 0 bridgehead atoms. The second-order valence-corrected chi connectivity index (χ2v) is 4.99. The molecule has 1 aliphatic rings. The van der Waals surface area contributed by atoms with Crippen molar-refractivity contribution in [3.63, 3.8) is 0 Å². The van der Waals surface area contributed by atoms with Gasteiger partial charge in [-0.15, -0.1) is 0 Å². The Labute approximate surface area is 104 Å². The molecule has 1 fully saturated rings. The fourth-order valence-electron chi connectivity index (χ4n) is 2.18. The number of likely N-dealkylation sites (N-methyl/N-ethyl adjacent to an activating group) is 1. The molecule has 0 aromatic heterocycles. The molecule has 0 spiro atoms. The maximum Gasteiger partial charge on any atom is 0.311 e. The van der Waals surface area contributed by atoms with E-state index in [0.29, 0.717) is 0 Å². The predicted molar refractivity (Wildman–Crippen MR) is 67.5 cm³/mol. The molecule has 98 valence electrons. The SMILES string of the molecule is CCC(C)NC(=O)C(=O)N(C)C1CCCCC1. The molecule has 0 aromatic rings. The second kappa shape index (κ2) is 6.62. The maximum atomic E-state index is 11.9. The van der Waals surface area contributed by atoms with Crippen LogP contribution in [-0.4, -0.2) is 35.8 Å². The van der Waals surface area contributed by atoms with Crippen molar-refractivity contribution in [2.75, 3.05) is 7.05 Å². The van der Waals surface area contributed by atoms with Crippen LogP contribution in [0.25, 0.3) is 0 Å². The van der Waals surface area contributed by atoms with Crippen molar-refractivity contribution in [2.24, 2.45) is 0 Å². The van der Waals surface area contributed by atoms with E-state index in [1.807, 2.05) is 13.8 Å². The van der Waals surface area contributed by atoms with E-state index in [-0.39, 0.29) is 12.1 Å². The molecule has 0 radical (unpaired) electrons. The first-order valence-corrected chi connectivity index (χ1v) is 6.64. The molecule has 0 aromatic carbocycles. The Kier molecular flexibility index (Phi) is 5.45. The van der Waals surface area contributed by atoms with Gasteiger partial charge in [-0.25, -0.2) is 0 Å². The number of rotatable bonds is 3. The lowest BCUT2D eigenvalue weighted by molar-refractivity contribution is -0.147. The summed E-state index contributed by atoms with van der Waals surface area (Å²) >= 11 is 0. The summed E-state index contributed by atoms with van der Waals surface area (Å²) in [5.41, 5.74) is 0. The minimum atomic E-state index is -0.465. The van der Waals surface area contributed by atoms with Gasteiger partial charge < -0.3 is 10.2 Å². The summed E-state index contributed by atoms with van der Waals surface area (Å²) in [5, 5.41) is 2.72. The topological polar surface area (TPSA) is 49.4 Å². The Morgan fingerprint density at radius 3 is 2.41 bits per heavy atom. The summed E-state index contributed by atoms with van der Waals surface area (Å²) in [6.07, 6.45) is 6.46. The van der Waals surface area contributed by atoms with E-state index in [1.54, 1.807) is 11.9 Å². The van der Waals surface area contributed by atoms with Crippen molar-refractivity contribution >= 4 is 11.8 Å². The molecule has 2 amide bonds. The highest BCUT2D eigenvalue weighted by Gasteiger charge is 2.26. The number of hydrogen-bond donors (Lipinski definition) is 1. The van der Waals surface area contributed by atoms with Crippen molar-refractivity contribution in [2.45, 2.75) is 64.5 Å². The molecule has 0 aliphatic heterocycles. The number of nitrogens with one attached hydrogen (secondary N) is 1. The largest absolute Gasteiger partial charge is 0.345 e. The fraction of sp³-hybridized carbons (Fsp3) is 0.846. The molecule has 1 N–H and O–H groups in total. The van der Waals surface area contributed by atoms with Crippen LogP contribution in [0.5, 0.6) is 0 Å². The minimum Gasteiger partial charge on any atom is -0.345 e. The Morgan fingerprint density at radius 2 is 1.88 bits per heavy atom. The summed E-state index contributed by atoms with van der Waals surface area (Å²) in [6, 6.07) is 0.310. The Morgan fingerprint density at radius 1 is 1.29 bits per heavy atom. The molecule has 0 heterocycles. The second-order valence-electron chi connectivity index (χ2n) is 4.99. The summed E-state index contributed by atoms with van der Waals surface area (Å²) in [4.78, 5) is 25.2. The highest BCUT2D eigenvalue weighted by molar-refractivity contribution is 6.35. The van der Waals surface area contributed by atoms with Crippen LogP contribution >= 0.6 is 0 Å². The monoisotopic (exact) mass is 240 g/mol. The van der Waals surface area contributed by atoms with E-state index < -0.39 is 11.8 Å². The molecule has 1 unspecified atom stereocenters. The van der Waals surface area contributed by atoms with Crippen LogP contribution in [0.15, 0.2) is 0 Å². The summed E-state index contributed by atoms with van der Waals surface area (Å²) < 4.78 is 0. The molecule has 4 heteroatoms. The van der Waals surface area contributed by atoms with Gasteiger partial charge in [0.05, 0.1) is 0 Å². The smallest absolute Gasteiger partial charge is 0.311 e. The van der Waals surface area contributed by atoms with Crippen LogP contribution in [-0.2, 0) is 9.59 Å². The Balaban J connectivity index is 2.47. The lowest BCUT2D eigenvalue weighted by atomic mass is 9.94. The molecule has 1 saturated carbocycles. The zero-order valence-electron chi connectivity index (χ0n) is 11.2. The van der Waals surface area contributed by atoms with Gasteiger partial charge in [0, 0.05) is 19.1 Å². The lowest BCUT2D eigenvalue weighted by Crippen LogP contribution is -2.48. The van der Waals surface area contributed by atoms with Crippen LogP contribution < -0.4 is 5.32 Å². The summed E-state index contributed by atoms with van der Waals surface area (Å²) in [6.45, 7) is 3.89. The molecule has 1 aliphatic carbocycles. The third-order valence-corrected chi connectivity index (χ3v) is 3.63. The first-order chi connectivity index (χ1) is 8.06. The maximum absolute atomic E-state index is 11.9. The molecule has 0 saturated heterocycles. The van der Waals surface area contributed by atoms with Gasteiger partial charge in [0.1, 0.15) is 0 Å².